The van der Waals surface area contributed by atoms with Crippen LogP contribution in [-0.2, 0) is 9.53 Å². The fourth-order valence-corrected chi connectivity index (χ4v) is 2.95. The summed E-state index contributed by atoms with van der Waals surface area (Å²) in [5, 5.41) is 0.994. The number of hydrogen-bond acceptors (Lipinski definition) is 4. The molecule has 0 bridgehead atoms. The monoisotopic (exact) mass is 260 g/mol. The first-order valence-corrected chi connectivity index (χ1v) is 6.56. The Hall–Kier alpha value is -1.75. The van der Waals surface area contributed by atoms with E-state index in [1.54, 1.807) is 13.1 Å². The van der Waals surface area contributed by atoms with Crippen LogP contribution in [0.25, 0.3) is 11.7 Å². The summed E-state index contributed by atoms with van der Waals surface area (Å²) in [7, 11) is 0. The maximum Gasteiger partial charge on any atom is 0.345 e. The average Bonchev–Trinajstić information content (AvgIpc) is 2.79. The van der Waals surface area contributed by atoms with Crippen molar-refractivity contribution in [2.75, 3.05) is 6.61 Å². The molecule has 1 aliphatic rings. The zero-order valence-electron chi connectivity index (χ0n) is 10.1. The van der Waals surface area contributed by atoms with Gasteiger partial charge in [-0.3, -0.25) is 4.40 Å². The van der Waals surface area contributed by atoms with E-state index >= 15 is 0 Å². The van der Waals surface area contributed by atoms with E-state index in [2.05, 4.69) is 9.38 Å². The number of nitrogens with zero attached hydrogens (tertiary/aromatic N) is 2. The van der Waals surface area contributed by atoms with Crippen molar-refractivity contribution in [3.8, 4) is 0 Å². The standard InChI is InChI=1S/C13H12N2O2S/c1-3-17-13(16)10-6-9-7-14-12-8(2)4-5-11(18-10)15(9)12/h4-7H,3H2,1-2H3. The number of rotatable bonds is 2. The SMILES string of the molecule is CCOC(=O)C1=Cc2cnc3c(C)ccc(n23)S1. The number of esters is 1. The van der Waals surface area contributed by atoms with Gasteiger partial charge in [-0.2, -0.15) is 0 Å². The summed E-state index contributed by atoms with van der Waals surface area (Å²) in [6, 6.07) is 4.02. The summed E-state index contributed by atoms with van der Waals surface area (Å²) < 4.78 is 7.09. The van der Waals surface area contributed by atoms with Gasteiger partial charge in [0.2, 0.25) is 0 Å². The third-order valence-electron chi connectivity index (χ3n) is 2.81. The van der Waals surface area contributed by atoms with Gasteiger partial charge in [0.15, 0.2) is 0 Å². The van der Waals surface area contributed by atoms with E-state index in [9.17, 15) is 4.79 Å². The van der Waals surface area contributed by atoms with Gasteiger partial charge in [-0.25, -0.2) is 9.78 Å². The third-order valence-corrected chi connectivity index (χ3v) is 3.84. The van der Waals surface area contributed by atoms with Crippen LogP contribution in [-0.4, -0.2) is 22.0 Å². The van der Waals surface area contributed by atoms with Gasteiger partial charge < -0.3 is 4.74 Å². The minimum absolute atomic E-state index is 0.274. The van der Waals surface area contributed by atoms with Crippen LogP contribution in [0.5, 0.6) is 0 Å². The number of thioether (sulfide) groups is 1. The molecule has 3 rings (SSSR count). The van der Waals surface area contributed by atoms with Gasteiger partial charge in [0.05, 0.1) is 23.5 Å². The minimum atomic E-state index is -0.274. The van der Waals surface area contributed by atoms with Crippen molar-refractivity contribution in [2.45, 2.75) is 18.9 Å². The normalized spacial score (nSPS) is 13.6. The molecule has 0 amide bonds. The summed E-state index contributed by atoms with van der Waals surface area (Å²) in [6.45, 7) is 4.22. The van der Waals surface area contributed by atoms with Gasteiger partial charge >= 0.3 is 5.97 Å². The zero-order valence-corrected chi connectivity index (χ0v) is 11.0. The van der Waals surface area contributed by atoms with Crippen LogP contribution in [0.2, 0.25) is 0 Å². The molecule has 92 valence electrons. The van der Waals surface area contributed by atoms with E-state index in [-0.39, 0.29) is 5.97 Å². The van der Waals surface area contributed by atoms with Gasteiger partial charge in [-0.1, -0.05) is 17.8 Å². The van der Waals surface area contributed by atoms with Gasteiger partial charge in [0.1, 0.15) is 10.6 Å². The molecule has 0 aromatic carbocycles. The fourth-order valence-electron chi connectivity index (χ4n) is 1.98. The number of ether oxygens (including phenoxy) is 1. The molecule has 2 aromatic heterocycles. The van der Waals surface area contributed by atoms with Crippen LogP contribution in [0, 0.1) is 6.92 Å². The number of carbonyl (C=O) groups is 1. The highest BCUT2D eigenvalue weighted by Crippen LogP contribution is 2.35. The Labute approximate surface area is 109 Å². The molecule has 0 aliphatic carbocycles. The average molecular weight is 260 g/mol. The number of aryl methyl sites for hydroxylation is 1. The Kier molecular flexibility index (Phi) is 2.63. The van der Waals surface area contributed by atoms with Crippen molar-refractivity contribution < 1.29 is 9.53 Å². The van der Waals surface area contributed by atoms with Crippen molar-refractivity contribution in [2.24, 2.45) is 0 Å². The Morgan fingerprint density at radius 1 is 1.50 bits per heavy atom. The van der Waals surface area contributed by atoms with Gasteiger partial charge in [-0.05, 0) is 31.6 Å². The van der Waals surface area contributed by atoms with Crippen LogP contribution in [0.4, 0.5) is 0 Å². The number of pyridine rings is 1. The Morgan fingerprint density at radius 3 is 3.11 bits per heavy atom. The maximum atomic E-state index is 11.8. The molecule has 0 spiro atoms. The Morgan fingerprint density at radius 2 is 2.33 bits per heavy atom. The summed E-state index contributed by atoms with van der Waals surface area (Å²) >= 11 is 1.42. The second kappa shape index (κ2) is 4.17. The largest absolute Gasteiger partial charge is 0.462 e. The van der Waals surface area contributed by atoms with Crippen LogP contribution in [0.1, 0.15) is 18.2 Å². The number of imidazole rings is 1. The van der Waals surface area contributed by atoms with Crippen molar-refractivity contribution in [3.05, 3.63) is 34.5 Å². The third kappa shape index (κ3) is 1.62. The predicted molar refractivity (Wildman–Crippen MR) is 70.4 cm³/mol. The van der Waals surface area contributed by atoms with E-state index in [4.69, 9.17) is 4.74 Å². The molecule has 0 unspecified atom stereocenters. The van der Waals surface area contributed by atoms with Crippen LogP contribution in [0.3, 0.4) is 0 Å². The lowest BCUT2D eigenvalue weighted by Gasteiger charge is -2.14. The highest BCUT2D eigenvalue weighted by atomic mass is 32.2. The van der Waals surface area contributed by atoms with Crippen molar-refractivity contribution in [1.82, 2.24) is 9.38 Å². The lowest BCUT2D eigenvalue weighted by atomic mass is 10.3. The van der Waals surface area contributed by atoms with Gasteiger partial charge in [-0.15, -0.1) is 0 Å². The summed E-state index contributed by atoms with van der Waals surface area (Å²) in [5.74, 6) is -0.274. The quantitative estimate of drug-likeness (QED) is 0.779. The maximum absolute atomic E-state index is 11.8. The highest BCUT2D eigenvalue weighted by Gasteiger charge is 2.21. The molecule has 3 heterocycles. The molecule has 18 heavy (non-hydrogen) atoms. The van der Waals surface area contributed by atoms with E-state index in [1.165, 1.54) is 11.8 Å². The van der Waals surface area contributed by atoms with E-state index in [0.717, 1.165) is 21.9 Å². The van der Waals surface area contributed by atoms with Crippen molar-refractivity contribution >= 4 is 29.5 Å². The van der Waals surface area contributed by atoms with E-state index in [0.29, 0.717) is 11.5 Å². The second-order valence-corrected chi connectivity index (χ2v) is 5.09. The number of hydrogen-bond donors (Lipinski definition) is 0. The molecular weight excluding hydrogens is 248 g/mol. The summed E-state index contributed by atoms with van der Waals surface area (Å²) in [4.78, 5) is 16.8. The van der Waals surface area contributed by atoms with Crippen LogP contribution in [0.15, 0.2) is 28.3 Å². The van der Waals surface area contributed by atoms with Crippen LogP contribution < -0.4 is 0 Å². The topological polar surface area (TPSA) is 43.6 Å². The summed E-state index contributed by atoms with van der Waals surface area (Å²) in [5.41, 5.74) is 2.98. The molecule has 0 radical (unpaired) electrons. The first kappa shape index (κ1) is 11.3. The number of aromatic nitrogens is 2. The first-order chi connectivity index (χ1) is 8.70. The number of carbonyl (C=O) groups excluding carboxylic acids is 1. The fraction of sp³-hybridized carbons (Fsp3) is 0.231. The van der Waals surface area contributed by atoms with Gasteiger partial charge in [0, 0.05) is 0 Å². The van der Waals surface area contributed by atoms with Crippen LogP contribution >= 0.6 is 11.8 Å². The molecule has 0 saturated carbocycles. The molecule has 0 fully saturated rings. The lowest BCUT2D eigenvalue weighted by molar-refractivity contribution is -0.137. The molecule has 4 nitrogen and oxygen atoms in total. The smallest absolute Gasteiger partial charge is 0.345 e. The molecule has 0 saturated heterocycles. The Bertz CT molecular complexity index is 673. The molecule has 0 N–H and O–H groups in total. The minimum Gasteiger partial charge on any atom is -0.462 e. The Balaban J connectivity index is 2.13. The van der Waals surface area contributed by atoms with Crippen molar-refractivity contribution in [1.29, 1.82) is 0 Å². The van der Waals surface area contributed by atoms with E-state index in [1.807, 2.05) is 25.1 Å². The first-order valence-electron chi connectivity index (χ1n) is 5.74. The molecule has 0 atom stereocenters. The predicted octanol–water partition coefficient (Wildman–Crippen LogP) is 2.65. The zero-order chi connectivity index (χ0) is 12.7. The summed E-state index contributed by atoms with van der Waals surface area (Å²) in [6.07, 6.45) is 3.61. The highest BCUT2D eigenvalue weighted by molar-refractivity contribution is 8.04. The molecule has 2 aromatic rings. The molecule has 5 heteroatoms. The van der Waals surface area contributed by atoms with Gasteiger partial charge in [0.25, 0.3) is 0 Å². The molecular formula is C13H12N2O2S. The van der Waals surface area contributed by atoms with Crippen molar-refractivity contribution in [3.63, 3.8) is 0 Å². The lowest BCUT2D eigenvalue weighted by Crippen LogP contribution is -2.09. The van der Waals surface area contributed by atoms with E-state index < -0.39 is 0 Å². The second-order valence-electron chi connectivity index (χ2n) is 4.03. The molecule has 1 aliphatic heterocycles.